The minimum atomic E-state index is 0.669. The Morgan fingerprint density at radius 1 is 0.641 bits per heavy atom. The SMILES string of the molecule is CCCCPc1c(OC)ccc(OC)c1-c1c(C2CCCCC2)cc(C2CCCCC2)cc1C1CCCCC1. The van der Waals surface area contributed by atoms with E-state index < -0.39 is 0 Å². The molecule has 3 aliphatic rings. The van der Waals surface area contributed by atoms with Gasteiger partial charge in [0.2, 0.25) is 0 Å². The summed E-state index contributed by atoms with van der Waals surface area (Å²) in [7, 11) is 4.48. The van der Waals surface area contributed by atoms with Crippen molar-refractivity contribution < 1.29 is 9.47 Å². The topological polar surface area (TPSA) is 18.5 Å². The van der Waals surface area contributed by atoms with Gasteiger partial charge in [-0.3, -0.25) is 0 Å². The maximum atomic E-state index is 6.23. The van der Waals surface area contributed by atoms with Crippen LogP contribution < -0.4 is 14.8 Å². The molecule has 0 bridgehead atoms. The van der Waals surface area contributed by atoms with Crippen LogP contribution >= 0.6 is 8.58 Å². The standard InChI is InChI=1S/C36H53O2P/c1-4-5-23-39-36-33(38-3)22-21-32(37-2)35(36)34-30(27-17-11-7-12-18-27)24-29(26-15-9-6-10-16-26)25-31(34)28-19-13-8-14-20-28/h21-22,24-28,39H,4-20,23H2,1-3H3. The third-order valence-corrected chi connectivity index (χ3v) is 11.5. The summed E-state index contributed by atoms with van der Waals surface area (Å²) in [6.45, 7) is 2.31. The molecule has 0 saturated heterocycles. The van der Waals surface area contributed by atoms with Crippen molar-refractivity contribution in [2.24, 2.45) is 0 Å². The Morgan fingerprint density at radius 2 is 1.13 bits per heavy atom. The molecule has 39 heavy (non-hydrogen) atoms. The van der Waals surface area contributed by atoms with Crippen LogP contribution in [0.4, 0.5) is 0 Å². The molecule has 2 aromatic rings. The number of methoxy groups -OCH3 is 2. The van der Waals surface area contributed by atoms with Crippen molar-refractivity contribution in [3.05, 3.63) is 41.0 Å². The van der Waals surface area contributed by atoms with Crippen LogP contribution in [0.25, 0.3) is 11.1 Å². The van der Waals surface area contributed by atoms with Crippen molar-refractivity contribution in [1.29, 1.82) is 0 Å². The second kappa shape index (κ2) is 14.4. The minimum absolute atomic E-state index is 0.669. The zero-order valence-electron chi connectivity index (χ0n) is 25.1. The van der Waals surface area contributed by atoms with E-state index in [1.807, 2.05) is 14.2 Å². The van der Waals surface area contributed by atoms with E-state index >= 15 is 0 Å². The van der Waals surface area contributed by atoms with Crippen LogP contribution in [0.15, 0.2) is 24.3 Å². The van der Waals surface area contributed by atoms with Crippen molar-refractivity contribution in [1.82, 2.24) is 0 Å². The van der Waals surface area contributed by atoms with E-state index in [2.05, 4.69) is 31.2 Å². The van der Waals surface area contributed by atoms with Gasteiger partial charge in [-0.05, 0) is 103 Å². The zero-order chi connectivity index (χ0) is 27.0. The molecule has 1 atom stereocenters. The van der Waals surface area contributed by atoms with Crippen LogP contribution in [0.5, 0.6) is 11.5 Å². The Morgan fingerprint density at radius 3 is 1.62 bits per heavy atom. The molecule has 0 heterocycles. The van der Waals surface area contributed by atoms with Gasteiger partial charge in [0, 0.05) is 10.9 Å². The van der Waals surface area contributed by atoms with E-state index in [4.69, 9.17) is 9.47 Å². The molecule has 0 aliphatic heterocycles. The third kappa shape index (κ3) is 6.69. The monoisotopic (exact) mass is 548 g/mol. The van der Waals surface area contributed by atoms with Crippen LogP contribution in [0, 0.1) is 0 Å². The lowest BCUT2D eigenvalue weighted by Crippen LogP contribution is -2.17. The quantitative estimate of drug-likeness (QED) is 0.217. The molecule has 3 heteroatoms. The maximum Gasteiger partial charge on any atom is 0.127 e. The number of unbranched alkanes of at least 4 members (excludes halogenated alkanes) is 1. The lowest BCUT2D eigenvalue weighted by molar-refractivity contribution is 0.406. The Bertz CT molecular complexity index is 1020. The van der Waals surface area contributed by atoms with Gasteiger partial charge in [0.25, 0.3) is 0 Å². The average molecular weight is 549 g/mol. The Balaban J connectivity index is 1.76. The molecule has 0 amide bonds. The van der Waals surface area contributed by atoms with E-state index in [1.165, 1.54) is 126 Å². The molecule has 1 unspecified atom stereocenters. The van der Waals surface area contributed by atoms with E-state index in [-0.39, 0.29) is 0 Å². The number of benzene rings is 2. The van der Waals surface area contributed by atoms with Gasteiger partial charge in [-0.2, -0.15) is 0 Å². The molecule has 2 nitrogen and oxygen atoms in total. The molecule has 0 radical (unpaired) electrons. The zero-order valence-corrected chi connectivity index (χ0v) is 26.1. The first kappa shape index (κ1) is 29.0. The molecular formula is C36H53O2P. The Labute approximate surface area is 240 Å². The van der Waals surface area contributed by atoms with E-state index in [1.54, 1.807) is 22.3 Å². The number of hydrogen-bond donors (Lipinski definition) is 0. The second-order valence-electron chi connectivity index (χ2n) is 12.6. The molecule has 2 aromatic carbocycles. The highest BCUT2D eigenvalue weighted by Crippen LogP contribution is 2.50. The van der Waals surface area contributed by atoms with Crippen LogP contribution in [0.1, 0.15) is 151 Å². The van der Waals surface area contributed by atoms with Crippen molar-refractivity contribution >= 4 is 13.9 Å². The fraction of sp³-hybridized carbons (Fsp3) is 0.667. The van der Waals surface area contributed by atoms with Crippen LogP contribution in [0.2, 0.25) is 0 Å². The average Bonchev–Trinajstić information content (AvgIpc) is 3.01. The largest absolute Gasteiger partial charge is 0.496 e. The predicted octanol–water partition coefficient (Wildman–Crippen LogP) is 10.6. The number of ether oxygens (including phenoxy) is 2. The lowest BCUT2D eigenvalue weighted by atomic mass is 9.72. The summed E-state index contributed by atoms with van der Waals surface area (Å²) in [6.07, 6.45) is 24.3. The fourth-order valence-corrected chi connectivity index (χ4v) is 9.43. The summed E-state index contributed by atoms with van der Waals surface area (Å²) in [6, 6.07) is 9.77. The highest BCUT2D eigenvalue weighted by Gasteiger charge is 2.31. The molecule has 0 aromatic heterocycles. The minimum Gasteiger partial charge on any atom is -0.496 e. The van der Waals surface area contributed by atoms with Gasteiger partial charge in [0.05, 0.1) is 14.2 Å². The molecule has 214 valence electrons. The van der Waals surface area contributed by atoms with E-state index in [0.717, 1.165) is 26.0 Å². The van der Waals surface area contributed by atoms with Crippen LogP contribution in [-0.2, 0) is 0 Å². The molecule has 0 N–H and O–H groups in total. The Kier molecular flexibility index (Phi) is 10.7. The first-order chi connectivity index (χ1) is 19.2. The van der Waals surface area contributed by atoms with Crippen molar-refractivity contribution in [3.63, 3.8) is 0 Å². The normalized spacial score (nSPS) is 20.1. The Hall–Kier alpha value is -1.53. The van der Waals surface area contributed by atoms with Gasteiger partial charge < -0.3 is 9.47 Å². The summed E-state index contributed by atoms with van der Waals surface area (Å²) >= 11 is 0. The molecule has 3 aliphatic carbocycles. The lowest BCUT2D eigenvalue weighted by Gasteiger charge is -2.34. The summed E-state index contributed by atoms with van der Waals surface area (Å²) in [4.78, 5) is 0. The summed E-state index contributed by atoms with van der Waals surface area (Å²) < 4.78 is 12.3. The number of hydrogen-bond acceptors (Lipinski definition) is 2. The summed E-state index contributed by atoms with van der Waals surface area (Å²) in [5, 5.41) is 1.41. The summed E-state index contributed by atoms with van der Waals surface area (Å²) in [5.41, 5.74) is 7.92. The number of rotatable bonds is 10. The third-order valence-electron chi connectivity index (χ3n) is 10.0. The van der Waals surface area contributed by atoms with Gasteiger partial charge in [-0.25, -0.2) is 0 Å². The van der Waals surface area contributed by atoms with E-state index in [0.29, 0.717) is 11.8 Å². The predicted molar refractivity (Wildman–Crippen MR) is 170 cm³/mol. The summed E-state index contributed by atoms with van der Waals surface area (Å²) in [5.74, 6) is 4.19. The van der Waals surface area contributed by atoms with Crippen molar-refractivity contribution in [2.75, 3.05) is 20.4 Å². The first-order valence-corrected chi connectivity index (χ1v) is 17.6. The van der Waals surface area contributed by atoms with Gasteiger partial charge in [-0.1, -0.05) is 91.8 Å². The van der Waals surface area contributed by atoms with Gasteiger partial charge >= 0.3 is 0 Å². The first-order valence-electron chi connectivity index (χ1n) is 16.4. The van der Waals surface area contributed by atoms with Gasteiger partial charge in [0.15, 0.2) is 0 Å². The van der Waals surface area contributed by atoms with Gasteiger partial charge in [0.1, 0.15) is 11.5 Å². The smallest absolute Gasteiger partial charge is 0.127 e. The molecule has 0 spiro atoms. The van der Waals surface area contributed by atoms with Crippen LogP contribution in [-0.4, -0.2) is 20.4 Å². The van der Waals surface area contributed by atoms with Crippen molar-refractivity contribution in [3.8, 4) is 22.6 Å². The molecule has 5 rings (SSSR count). The highest BCUT2D eigenvalue weighted by atomic mass is 31.1. The molecule has 3 saturated carbocycles. The van der Waals surface area contributed by atoms with Crippen LogP contribution in [0.3, 0.4) is 0 Å². The fourth-order valence-electron chi connectivity index (χ4n) is 7.86. The maximum absolute atomic E-state index is 6.23. The van der Waals surface area contributed by atoms with Crippen molar-refractivity contribution in [2.45, 2.75) is 134 Å². The molecule has 3 fully saturated rings. The van der Waals surface area contributed by atoms with E-state index in [9.17, 15) is 0 Å². The molecular weight excluding hydrogens is 495 g/mol. The second-order valence-corrected chi connectivity index (χ2v) is 13.9. The van der Waals surface area contributed by atoms with Gasteiger partial charge in [-0.15, -0.1) is 0 Å². The highest BCUT2D eigenvalue weighted by molar-refractivity contribution is 7.47.